The Kier molecular flexibility index (Phi) is 3.71. The second kappa shape index (κ2) is 5.05. The molecule has 0 radical (unpaired) electrons. The van der Waals surface area contributed by atoms with Crippen molar-refractivity contribution < 1.29 is 4.79 Å². The number of amides is 1. The standard InChI is InChI=1S/C11H12N2O/c1-2-6-13-8-9-4-3-5-10(7-9)11(12)14/h1,3-5,7,13H,6,8H2,(H2,12,14). The summed E-state index contributed by atoms with van der Waals surface area (Å²) in [6, 6.07) is 7.15. The smallest absolute Gasteiger partial charge is 0.248 e. The molecule has 0 spiro atoms. The van der Waals surface area contributed by atoms with E-state index in [-0.39, 0.29) is 0 Å². The number of hydrogen-bond donors (Lipinski definition) is 2. The van der Waals surface area contributed by atoms with Gasteiger partial charge in [-0.2, -0.15) is 0 Å². The maximum absolute atomic E-state index is 10.9. The Hall–Kier alpha value is -1.79. The minimum atomic E-state index is -0.413. The first-order valence-corrected chi connectivity index (χ1v) is 4.27. The van der Waals surface area contributed by atoms with Gasteiger partial charge in [0.05, 0.1) is 6.54 Å². The minimum absolute atomic E-state index is 0.413. The molecule has 3 N–H and O–H groups in total. The van der Waals surface area contributed by atoms with Crippen molar-refractivity contribution in [3.8, 4) is 12.3 Å². The van der Waals surface area contributed by atoms with Crippen molar-refractivity contribution in [2.75, 3.05) is 6.54 Å². The van der Waals surface area contributed by atoms with Gasteiger partial charge in [-0.05, 0) is 17.7 Å². The summed E-state index contributed by atoms with van der Waals surface area (Å²) < 4.78 is 0. The SMILES string of the molecule is C#CCNCc1cccc(C(N)=O)c1. The van der Waals surface area contributed by atoms with E-state index in [2.05, 4.69) is 11.2 Å². The van der Waals surface area contributed by atoms with E-state index >= 15 is 0 Å². The number of nitrogens with two attached hydrogens (primary N) is 1. The molecule has 0 unspecified atom stereocenters. The number of hydrogen-bond acceptors (Lipinski definition) is 2. The van der Waals surface area contributed by atoms with Gasteiger partial charge in [0, 0.05) is 12.1 Å². The van der Waals surface area contributed by atoms with Crippen LogP contribution in [0.2, 0.25) is 0 Å². The summed E-state index contributed by atoms with van der Waals surface area (Å²) in [5.41, 5.74) is 6.66. The topological polar surface area (TPSA) is 55.1 Å². The van der Waals surface area contributed by atoms with Crippen LogP contribution in [0.1, 0.15) is 15.9 Å². The van der Waals surface area contributed by atoms with Crippen molar-refractivity contribution in [2.45, 2.75) is 6.54 Å². The largest absolute Gasteiger partial charge is 0.366 e. The number of primary amides is 1. The molecule has 0 aliphatic rings. The summed E-state index contributed by atoms with van der Waals surface area (Å²) in [4.78, 5) is 10.9. The second-order valence-electron chi connectivity index (χ2n) is 2.87. The van der Waals surface area contributed by atoms with Gasteiger partial charge in [-0.25, -0.2) is 0 Å². The van der Waals surface area contributed by atoms with Gasteiger partial charge in [0.2, 0.25) is 5.91 Å². The van der Waals surface area contributed by atoms with E-state index in [4.69, 9.17) is 12.2 Å². The van der Waals surface area contributed by atoms with E-state index in [1.165, 1.54) is 0 Å². The van der Waals surface area contributed by atoms with Gasteiger partial charge in [0.1, 0.15) is 0 Å². The average Bonchev–Trinajstić information content (AvgIpc) is 2.19. The van der Waals surface area contributed by atoms with Gasteiger partial charge < -0.3 is 11.1 Å². The quantitative estimate of drug-likeness (QED) is 0.534. The number of nitrogens with one attached hydrogen (secondary N) is 1. The highest BCUT2D eigenvalue weighted by molar-refractivity contribution is 5.92. The molecule has 0 bridgehead atoms. The molecule has 0 aromatic heterocycles. The van der Waals surface area contributed by atoms with E-state index in [1.807, 2.05) is 6.07 Å². The second-order valence-corrected chi connectivity index (χ2v) is 2.87. The summed E-state index contributed by atoms with van der Waals surface area (Å²) in [6.45, 7) is 1.16. The Balaban J connectivity index is 2.65. The van der Waals surface area contributed by atoms with Crippen molar-refractivity contribution in [1.82, 2.24) is 5.32 Å². The molecule has 1 aromatic rings. The Bertz CT molecular complexity index is 366. The molecule has 72 valence electrons. The van der Waals surface area contributed by atoms with Crippen LogP contribution in [-0.2, 0) is 6.54 Å². The fourth-order valence-corrected chi connectivity index (χ4v) is 1.11. The summed E-state index contributed by atoms with van der Waals surface area (Å²) in [7, 11) is 0. The molecule has 3 heteroatoms. The molecule has 1 rings (SSSR count). The van der Waals surface area contributed by atoms with Crippen molar-refractivity contribution in [3.05, 3.63) is 35.4 Å². The summed E-state index contributed by atoms with van der Waals surface area (Å²) in [6.07, 6.45) is 5.08. The third-order valence-electron chi connectivity index (χ3n) is 1.77. The van der Waals surface area contributed by atoms with Crippen LogP contribution < -0.4 is 11.1 Å². The predicted molar refractivity (Wildman–Crippen MR) is 55.5 cm³/mol. The maximum Gasteiger partial charge on any atom is 0.248 e. The molecule has 0 heterocycles. The number of carbonyl (C=O) groups is 1. The lowest BCUT2D eigenvalue weighted by molar-refractivity contribution is 0.1000. The third-order valence-corrected chi connectivity index (χ3v) is 1.77. The number of terminal acetylenes is 1. The van der Waals surface area contributed by atoms with E-state index in [9.17, 15) is 4.79 Å². The monoisotopic (exact) mass is 188 g/mol. The van der Waals surface area contributed by atoms with E-state index < -0.39 is 5.91 Å². The van der Waals surface area contributed by atoms with Crippen molar-refractivity contribution in [3.63, 3.8) is 0 Å². The predicted octanol–water partition coefficient (Wildman–Crippen LogP) is 0.508. The molecule has 1 amide bonds. The molecule has 0 atom stereocenters. The first-order chi connectivity index (χ1) is 6.74. The lowest BCUT2D eigenvalue weighted by Gasteiger charge is -2.02. The first kappa shape index (κ1) is 10.3. The van der Waals surface area contributed by atoms with Crippen LogP contribution in [0.15, 0.2) is 24.3 Å². The molecule has 0 saturated heterocycles. The van der Waals surface area contributed by atoms with Crippen molar-refractivity contribution in [2.24, 2.45) is 5.73 Å². The first-order valence-electron chi connectivity index (χ1n) is 4.27. The van der Waals surface area contributed by atoms with Crippen molar-refractivity contribution >= 4 is 5.91 Å². The van der Waals surface area contributed by atoms with E-state index in [0.29, 0.717) is 18.7 Å². The van der Waals surface area contributed by atoms with Crippen LogP contribution >= 0.6 is 0 Å². The van der Waals surface area contributed by atoms with Crippen LogP contribution in [0.5, 0.6) is 0 Å². The average molecular weight is 188 g/mol. The minimum Gasteiger partial charge on any atom is -0.366 e. The molecular formula is C11H12N2O. The van der Waals surface area contributed by atoms with Gasteiger partial charge >= 0.3 is 0 Å². The summed E-state index contributed by atoms with van der Waals surface area (Å²) >= 11 is 0. The number of carbonyl (C=O) groups excluding carboxylic acids is 1. The summed E-state index contributed by atoms with van der Waals surface area (Å²) in [5, 5.41) is 3.03. The number of benzene rings is 1. The van der Waals surface area contributed by atoms with Crippen LogP contribution in [-0.4, -0.2) is 12.5 Å². The molecule has 0 aliphatic carbocycles. The zero-order valence-corrected chi connectivity index (χ0v) is 7.79. The lowest BCUT2D eigenvalue weighted by atomic mass is 10.1. The molecule has 0 aliphatic heterocycles. The van der Waals surface area contributed by atoms with Crippen LogP contribution in [0.25, 0.3) is 0 Å². The van der Waals surface area contributed by atoms with Crippen LogP contribution in [0.3, 0.4) is 0 Å². The highest BCUT2D eigenvalue weighted by Gasteiger charge is 2.00. The van der Waals surface area contributed by atoms with Crippen LogP contribution in [0, 0.1) is 12.3 Å². The molecule has 14 heavy (non-hydrogen) atoms. The molecule has 0 fully saturated rings. The van der Waals surface area contributed by atoms with Gasteiger partial charge in [0.15, 0.2) is 0 Å². The fourth-order valence-electron chi connectivity index (χ4n) is 1.11. The molecular weight excluding hydrogens is 176 g/mol. The lowest BCUT2D eigenvalue weighted by Crippen LogP contribution is -2.15. The Labute approximate surface area is 83.3 Å². The van der Waals surface area contributed by atoms with Gasteiger partial charge in [-0.15, -0.1) is 6.42 Å². The third kappa shape index (κ3) is 2.92. The number of rotatable bonds is 4. The van der Waals surface area contributed by atoms with Gasteiger partial charge in [0.25, 0.3) is 0 Å². The molecule has 3 nitrogen and oxygen atoms in total. The maximum atomic E-state index is 10.9. The highest BCUT2D eigenvalue weighted by atomic mass is 16.1. The van der Waals surface area contributed by atoms with E-state index in [1.54, 1.807) is 18.2 Å². The molecule has 0 saturated carbocycles. The van der Waals surface area contributed by atoms with Gasteiger partial charge in [-0.1, -0.05) is 18.1 Å². The zero-order chi connectivity index (χ0) is 10.4. The summed E-state index contributed by atoms with van der Waals surface area (Å²) in [5.74, 6) is 2.06. The van der Waals surface area contributed by atoms with E-state index in [0.717, 1.165) is 5.56 Å². The fraction of sp³-hybridized carbons (Fsp3) is 0.182. The Morgan fingerprint density at radius 2 is 2.36 bits per heavy atom. The van der Waals surface area contributed by atoms with Crippen LogP contribution in [0.4, 0.5) is 0 Å². The molecule has 1 aromatic carbocycles. The zero-order valence-electron chi connectivity index (χ0n) is 7.79. The van der Waals surface area contributed by atoms with Crippen molar-refractivity contribution in [1.29, 1.82) is 0 Å². The Morgan fingerprint density at radius 1 is 1.57 bits per heavy atom. The Morgan fingerprint density at radius 3 is 3.00 bits per heavy atom. The normalized spacial score (nSPS) is 9.36. The highest BCUT2D eigenvalue weighted by Crippen LogP contribution is 2.03. The van der Waals surface area contributed by atoms with Gasteiger partial charge in [-0.3, -0.25) is 4.79 Å².